The molecule has 2 aliphatic rings. The number of hydrogen-bond acceptors (Lipinski definition) is 1. The third-order valence-corrected chi connectivity index (χ3v) is 3.03. The minimum absolute atomic E-state index is 0.771. The van der Waals surface area contributed by atoms with E-state index in [0.29, 0.717) is 0 Å². The summed E-state index contributed by atoms with van der Waals surface area (Å²) in [4.78, 5) is 0. The standard InChI is InChI=1S/C13H19N/c1-2-6-12(11-8-9-11)13-7-4-3-5-10-14-13/h3-5,7,10-12,14H,2,6,8-9H2,1H3. The van der Waals surface area contributed by atoms with Gasteiger partial charge < -0.3 is 5.32 Å². The van der Waals surface area contributed by atoms with Gasteiger partial charge in [0.25, 0.3) is 0 Å². The Morgan fingerprint density at radius 2 is 2.21 bits per heavy atom. The van der Waals surface area contributed by atoms with Crippen LogP contribution in [0.15, 0.2) is 36.2 Å². The molecule has 1 aliphatic heterocycles. The predicted molar refractivity (Wildman–Crippen MR) is 60.6 cm³/mol. The third kappa shape index (κ3) is 2.28. The maximum absolute atomic E-state index is 3.41. The Bertz CT molecular complexity index is 269. The van der Waals surface area contributed by atoms with Crippen molar-refractivity contribution in [2.75, 3.05) is 0 Å². The molecule has 1 unspecified atom stereocenters. The topological polar surface area (TPSA) is 12.0 Å². The Morgan fingerprint density at radius 1 is 1.36 bits per heavy atom. The van der Waals surface area contributed by atoms with Crippen molar-refractivity contribution in [3.63, 3.8) is 0 Å². The quantitative estimate of drug-likeness (QED) is 0.715. The van der Waals surface area contributed by atoms with E-state index in [0.717, 1.165) is 11.8 Å². The Morgan fingerprint density at radius 3 is 2.93 bits per heavy atom. The molecule has 0 amide bonds. The molecule has 0 bridgehead atoms. The molecule has 2 rings (SSSR count). The molecule has 0 aromatic carbocycles. The summed E-state index contributed by atoms with van der Waals surface area (Å²) in [6, 6.07) is 0. The number of hydrogen-bond donors (Lipinski definition) is 1. The molecule has 1 N–H and O–H groups in total. The van der Waals surface area contributed by atoms with E-state index in [2.05, 4.69) is 36.5 Å². The number of rotatable bonds is 4. The fourth-order valence-electron chi connectivity index (χ4n) is 2.16. The van der Waals surface area contributed by atoms with E-state index < -0.39 is 0 Å². The normalized spacial score (nSPS) is 22.5. The second-order valence-corrected chi connectivity index (χ2v) is 4.24. The van der Waals surface area contributed by atoms with Gasteiger partial charge in [-0.25, -0.2) is 0 Å². The summed E-state index contributed by atoms with van der Waals surface area (Å²) in [7, 11) is 0. The van der Waals surface area contributed by atoms with Crippen molar-refractivity contribution in [2.24, 2.45) is 11.8 Å². The van der Waals surface area contributed by atoms with Gasteiger partial charge in [-0.15, -0.1) is 0 Å². The monoisotopic (exact) mass is 189 g/mol. The molecule has 0 saturated heterocycles. The van der Waals surface area contributed by atoms with E-state index in [-0.39, 0.29) is 0 Å². The van der Waals surface area contributed by atoms with Gasteiger partial charge in [0.1, 0.15) is 0 Å². The molecule has 1 saturated carbocycles. The lowest BCUT2D eigenvalue weighted by atomic mass is 9.94. The van der Waals surface area contributed by atoms with Gasteiger partial charge in [-0.2, -0.15) is 0 Å². The highest BCUT2D eigenvalue weighted by atomic mass is 14.9. The molecule has 1 atom stereocenters. The van der Waals surface area contributed by atoms with E-state index in [4.69, 9.17) is 0 Å². The lowest BCUT2D eigenvalue weighted by Gasteiger charge is -2.18. The van der Waals surface area contributed by atoms with E-state index in [9.17, 15) is 0 Å². The molecule has 1 heteroatoms. The first-order valence-electron chi connectivity index (χ1n) is 5.71. The molecule has 0 aromatic rings. The molecule has 1 heterocycles. The van der Waals surface area contributed by atoms with Crippen LogP contribution in [0.25, 0.3) is 0 Å². The van der Waals surface area contributed by atoms with Crippen LogP contribution in [-0.2, 0) is 0 Å². The first-order chi connectivity index (χ1) is 6.92. The summed E-state index contributed by atoms with van der Waals surface area (Å²) in [6.45, 7) is 2.28. The van der Waals surface area contributed by atoms with Crippen molar-refractivity contribution >= 4 is 0 Å². The van der Waals surface area contributed by atoms with Crippen molar-refractivity contribution in [1.82, 2.24) is 5.32 Å². The molecular formula is C13H19N. The van der Waals surface area contributed by atoms with Gasteiger partial charge in [-0.3, -0.25) is 0 Å². The van der Waals surface area contributed by atoms with Crippen molar-refractivity contribution < 1.29 is 0 Å². The fourth-order valence-corrected chi connectivity index (χ4v) is 2.16. The lowest BCUT2D eigenvalue weighted by molar-refractivity contribution is 0.472. The van der Waals surface area contributed by atoms with Gasteiger partial charge in [0, 0.05) is 17.8 Å². The van der Waals surface area contributed by atoms with E-state index >= 15 is 0 Å². The smallest absolute Gasteiger partial charge is 0.0180 e. The summed E-state index contributed by atoms with van der Waals surface area (Å²) >= 11 is 0. The zero-order valence-electron chi connectivity index (χ0n) is 8.87. The summed E-state index contributed by atoms with van der Waals surface area (Å²) in [5.41, 5.74) is 1.42. The number of allylic oxidation sites excluding steroid dienone is 5. The molecule has 0 aromatic heterocycles. The average molecular weight is 189 g/mol. The first-order valence-corrected chi connectivity index (χ1v) is 5.71. The molecule has 0 radical (unpaired) electrons. The SMILES string of the molecule is CCCC(C1=CC=CC=CN1)C1CC1. The van der Waals surface area contributed by atoms with Crippen LogP contribution in [-0.4, -0.2) is 0 Å². The summed E-state index contributed by atoms with van der Waals surface area (Å²) in [5, 5.41) is 3.41. The van der Waals surface area contributed by atoms with E-state index in [1.165, 1.54) is 31.4 Å². The van der Waals surface area contributed by atoms with Gasteiger partial charge in [0.05, 0.1) is 0 Å². The predicted octanol–water partition coefficient (Wildman–Crippen LogP) is 3.37. The molecule has 0 spiro atoms. The maximum Gasteiger partial charge on any atom is 0.0180 e. The second kappa shape index (κ2) is 4.50. The largest absolute Gasteiger partial charge is 0.365 e. The molecule has 1 aliphatic carbocycles. The summed E-state index contributed by atoms with van der Waals surface area (Å²) in [6.07, 6.45) is 16.0. The highest BCUT2D eigenvalue weighted by Gasteiger charge is 2.32. The third-order valence-electron chi connectivity index (χ3n) is 3.03. The fraction of sp³-hybridized carbons (Fsp3) is 0.538. The van der Waals surface area contributed by atoms with Crippen molar-refractivity contribution in [3.05, 3.63) is 36.2 Å². The molecule has 1 fully saturated rings. The van der Waals surface area contributed by atoms with Crippen LogP contribution in [0.5, 0.6) is 0 Å². The van der Waals surface area contributed by atoms with Crippen LogP contribution in [0.3, 0.4) is 0 Å². The molecule has 1 nitrogen and oxygen atoms in total. The van der Waals surface area contributed by atoms with Crippen LogP contribution in [0.2, 0.25) is 0 Å². The second-order valence-electron chi connectivity index (χ2n) is 4.24. The van der Waals surface area contributed by atoms with Crippen LogP contribution in [0, 0.1) is 11.8 Å². The van der Waals surface area contributed by atoms with Gasteiger partial charge >= 0.3 is 0 Å². The van der Waals surface area contributed by atoms with Crippen molar-refractivity contribution in [2.45, 2.75) is 32.6 Å². The van der Waals surface area contributed by atoms with Crippen LogP contribution >= 0.6 is 0 Å². The minimum Gasteiger partial charge on any atom is -0.365 e. The Hall–Kier alpha value is -0.980. The Balaban J connectivity index is 2.05. The highest BCUT2D eigenvalue weighted by molar-refractivity contribution is 5.23. The first kappa shape index (κ1) is 9.57. The molecular weight excluding hydrogens is 170 g/mol. The zero-order chi connectivity index (χ0) is 9.80. The molecule has 14 heavy (non-hydrogen) atoms. The number of nitrogens with one attached hydrogen (secondary N) is 1. The van der Waals surface area contributed by atoms with Crippen LogP contribution in [0.1, 0.15) is 32.6 Å². The summed E-state index contributed by atoms with van der Waals surface area (Å²) < 4.78 is 0. The van der Waals surface area contributed by atoms with E-state index in [1.807, 2.05) is 6.20 Å². The van der Waals surface area contributed by atoms with Gasteiger partial charge in [0.2, 0.25) is 0 Å². The average Bonchev–Trinajstić information content (AvgIpc) is 3.02. The molecule has 76 valence electrons. The lowest BCUT2D eigenvalue weighted by Crippen LogP contribution is -2.17. The van der Waals surface area contributed by atoms with Crippen molar-refractivity contribution in [3.8, 4) is 0 Å². The minimum atomic E-state index is 0.771. The summed E-state index contributed by atoms with van der Waals surface area (Å²) in [5.74, 6) is 1.72. The Kier molecular flexibility index (Phi) is 3.07. The Labute approximate surface area is 86.6 Å². The maximum atomic E-state index is 3.41. The van der Waals surface area contributed by atoms with Crippen molar-refractivity contribution in [1.29, 1.82) is 0 Å². The van der Waals surface area contributed by atoms with Crippen LogP contribution in [0.4, 0.5) is 0 Å². The van der Waals surface area contributed by atoms with E-state index in [1.54, 1.807) is 0 Å². The highest BCUT2D eigenvalue weighted by Crippen LogP contribution is 2.42. The van der Waals surface area contributed by atoms with Gasteiger partial charge in [-0.1, -0.05) is 25.5 Å². The zero-order valence-corrected chi connectivity index (χ0v) is 8.87. The van der Waals surface area contributed by atoms with Gasteiger partial charge in [-0.05, 0) is 37.3 Å². The van der Waals surface area contributed by atoms with Gasteiger partial charge in [0.15, 0.2) is 0 Å². The van der Waals surface area contributed by atoms with Crippen LogP contribution < -0.4 is 5.32 Å².